The van der Waals surface area contributed by atoms with Crippen LogP contribution in [0.15, 0.2) is 24.3 Å². The molecule has 0 aromatic heterocycles. The number of rotatable bonds is 6. The molecular formula is C25H37N3O5. The van der Waals surface area contributed by atoms with Gasteiger partial charge in [-0.1, -0.05) is 12.1 Å². The Kier molecular flexibility index (Phi) is 8.13. The van der Waals surface area contributed by atoms with Crippen molar-refractivity contribution in [3.05, 3.63) is 29.8 Å². The molecule has 0 spiro atoms. The van der Waals surface area contributed by atoms with Crippen molar-refractivity contribution in [3.8, 4) is 0 Å². The maximum atomic E-state index is 12.3. The Balaban J connectivity index is 1.50. The minimum atomic E-state index is -0.871. The summed E-state index contributed by atoms with van der Waals surface area (Å²) in [5.74, 6) is -1.71. The molecular weight excluding hydrogens is 422 g/mol. The number of ether oxygens (including phenoxy) is 2. The van der Waals surface area contributed by atoms with Gasteiger partial charge in [0.05, 0.1) is 13.0 Å². The van der Waals surface area contributed by atoms with Crippen LogP contribution in [-0.4, -0.2) is 79.7 Å². The number of Topliss-reactive ketones (excluding diaryl/α,β-unsaturated/α-hetero) is 1. The summed E-state index contributed by atoms with van der Waals surface area (Å²) in [5.41, 5.74) is 1.30. The fourth-order valence-corrected chi connectivity index (χ4v) is 4.54. The van der Waals surface area contributed by atoms with E-state index in [1.165, 1.54) is 14.0 Å². The molecule has 3 rings (SSSR count). The Hall–Kier alpha value is -2.45. The number of esters is 2. The summed E-state index contributed by atoms with van der Waals surface area (Å²) < 4.78 is 10.3. The molecule has 8 nitrogen and oxygen atoms in total. The second-order valence-corrected chi connectivity index (χ2v) is 9.86. The zero-order valence-corrected chi connectivity index (χ0v) is 20.5. The van der Waals surface area contributed by atoms with Gasteiger partial charge < -0.3 is 14.4 Å². The number of piperidine rings is 1. The summed E-state index contributed by atoms with van der Waals surface area (Å²) in [6.07, 6.45) is 1.65. The zero-order chi connectivity index (χ0) is 24.2. The highest BCUT2D eigenvalue weighted by molar-refractivity contribution is 6.03. The Morgan fingerprint density at radius 3 is 1.94 bits per heavy atom. The maximum Gasteiger partial charge on any atom is 0.320 e. The van der Waals surface area contributed by atoms with Gasteiger partial charge in [-0.25, -0.2) is 10.0 Å². The number of benzene rings is 1. The standard InChI is InChI=1S/C25H37N3O5/c1-18(29)22(24(31)32-5)19-6-8-21(9-7-19)26-14-16-28(17-15-26)27-12-10-20(11-13-27)23(30)33-25(2,3)4/h6-9,20,22H,10-17H2,1-5H3. The van der Waals surface area contributed by atoms with E-state index in [1.54, 1.807) is 0 Å². The van der Waals surface area contributed by atoms with E-state index in [4.69, 9.17) is 9.47 Å². The molecule has 2 heterocycles. The highest BCUT2D eigenvalue weighted by Gasteiger charge is 2.32. The first-order valence-electron chi connectivity index (χ1n) is 11.7. The smallest absolute Gasteiger partial charge is 0.320 e. The summed E-state index contributed by atoms with van der Waals surface area (Å²) in [6, 6.07) is 7.62. The van der Waals surface area contributed by atoms with Crippen molar-refractivity contribution in [3.63, 3.8) is 0 Å². The number of carbonyl (C=O) groups is 3. The highest BCUT2D eigenvalue weighted by atomic mass is 16.6. The van der Waals surface area contributed by atoms with E-state index in [-0.39, 0.29) is 17.7 Å². The van der Waals surface area contributed by atoms with E-state index in [9.17, 15) is 14.4 Å². The van der Waals surface area contributed by atoms with Gasteiger partial charge in [-0.15, -0.1) is 0 Å². The van der Waals surface area contributed by atoms with Crippen molar-refractivity contribution >= 4 is 23.4 Å². The number of hydrazine groups is 1. The number of carbonyl (C=O) groups excluding carboxylic acids is 3. The lowest BCUT2D eigenvalue weighted by molar-refractivity contribution is -0.163. The average Bonchev–Trinajstić information content (AvgIpc) is 2.78. The Labute approximate surface area is 196 Å². The topological polar surface area (TPSA) is 79.4 Å². The van der Waals surface area contributed by atoms with E-state index in [1.807, 2.05) is 45.0 Å². The monoisotopic (exact) mass is 459 g/mol. The Morgan fingerprint density at radius 2 is 1.45 bits per heavy atom. The van der Waals surface area contributed by atoms with Crippen LogP contribution in [0, 0.1) is 5.92 Å². The highest BCUT2D eigenvalue weighted by Crippen LogP contribution is 2.26. The minimum Gasteiger partial charge on any atom is -0.468 e. The summed E-state index contributed by atoms with van der Waals surface area (Å²) in [6.45, 7) is 12.5. The van der Waals surface area contributed by atoms with Gasteiger partial charge >= 0.3 is 11.9 Å². The normalized spacial score (nSPS) is 19.7. The van der Waals surface area contributed by atoms with Crippen LogP contribution < -0.4 is 4.90 Å². The van der Waals surface area contributed by atoms with Crippen LogP contribution in [0.5, 0.6) is 0 Å². The number of anilines is 1. The molecule has 2 aliphatic rings. The lowest BCUT2D eigenvalue weighted by Crippen LogP contribution is -2.56. The van der Waals surface area contributed by atoms with Crippen molar-refractivity contribution in [1.29, 1.82) is 0 Å². The summed E-state index contributed by atoms with van der Waals surface area (Å²) in [5, 5.41) is 4.76. The van der Waals surface area contributed by atoms with Crippen molar-refractivity contribution < 1.29 is 23.9 Å². The third-order valence-corrected chi connectivity index (χ3v) is 6.30. The zero-order valence-electron chi connectivity index (χ0n) is 20.5. The Morgan fingerprint density at radius 1 is 0.909 bits per heavy atom. The van der Waals surface area contributed by atoms with E-state index >= 15 is 0 Å². The molecule has 33 heavy (non-hydrogen) atoms. The van der Waals surface area contributed by atoms with E-state index in [0.717, 1.165) is 57.8 Å². The number of methoxy groups -OCH3 is 1. The molecule has 2 fully saturated rings. The molecule has 1 aromatic carbocycles. The largest absolute Gasteiger partial charge is 0.468 e. The molecule has 2 aliphatic heterocycles. The second kappa shape index (κ2) is 10.7. The minimum absolute atomic E-state index is 0.0101. The second-order valence-electron chi connectivity index (χ2n) is 9.86. The maximum absolute atomic E-state index is 12.3. The first-order valence-corrected chi connectivity index (χ1v) is 11.7. The van der Waals surface area contributed by atoms with Gasteiger partial charge in [-0.05, 0) is 58.2 Å². The molecule has 8 heteroatoms. The molecule has 0 saturated carbocycles. The van der Waals surface area contributed by atoms with Crippen LogP contribution in [0.3, 0.4) is 0 Å². The summed E-state index contributed by atoms with van der Waals surface area (Å²) >= 11 is 0. The van der Waals surface area contributed by atoms with Gasteiger partial charge in [0.1, 0.15) is 17.3 Å². The van der Waals surface area contributed by atoms with Crippen LogP contribution in [0.25, 0.3) is 0 Å². The van der Waals surface area contributed by atoms with Crippen LogP contribution in [-0.2, 0) is 23.9 Å². The third kappa shape index (κ3) is 6.54. The van der Waals surface area contributed by atoms with Gasteiger partial charge in [0, 0.05) is 45.0 Å². The lowest BCUT2D eigenvalue weighted by Gasteiger charge is -2.44. The SMILES string of the molecule is COC(=O)C(C(C)=O)c1ccc(N2CCN(N3CCC(C(=O)OC(C)(C)C)CC3)CC2)cc1. The van der Waals surface area contributed by atoms with Gasteiger partial charge in [-0.3, -0.25) is 14.4 Å². The predicted molar refractivity (Wildman–Crippen MR) is 126 cm³/mol. The van der Waals surface area contributed by atoms with Crippen LogP contribution in [0.4, 0.5) is 5.69 Å². The molecule has 2 saturated heterocycles. The van der Waals surface area contributed by atoms with Gasteiger partial charge in [0.25, 0.3) is 0 Å². The molecule has 0 aliphatic carbocycles. The molecule has 182 valence electrons. The van der Waals surface area contributed by atoms with Crippen molar-refractivity contribution in [2.45, 2.75) is 52.1 Å². The van der Waals surface area contributed by atoms with Gasteiger partial charge in [-0.2, -0.15) is 0 Å². The molecule has 1 unspecified atom stereocenters. The third-order valence-electron chi connectivity index (χ3n) is 6.30. The number of hydrogen-bond donors (Lipinski definition) is 0. The molecule has 1 aromatic rings. The molecule has 0 N–H and O–H groups in total. The van der Waals surface area contributed by atoms with E-state index < -0.39 is 17.5 Å². The van der Waals surface area contributed by atoms with E-state index in [0.29, 0.717) is 5.56 Å². The summed E-state index contributed by atoms with van der Waals surface area (Å²) in [4.78, 5) is 38.5. The quantitative estimate of drug-likeness (QED) is 0.475. The molecule has 0 amide bonds. The van der Waals surface area contributed by atoms with Crippen LogP contribution >= 0.6 is 0 Å². The van der Waals surface area contributed by atoms with Gasteiger partial charge in [0.15, 0.2) is 0 Å². The molecule has 0 bridgehead atoms. The average molecular weight is 460 g/mol. The van der Waals surface area contributed by atoms with Crippen LogP contribution in [0.2, 0.25) is 0 Å². The number of hydrogen-bond acceptors (Lipinski definition) is 8. The Bertz CT molecular complexity index is 833. The molecule has 1 atom stereocenters. The number of nitrogens with zero attached hydrogens (tertiary/aromatic N) is 3. The number of piperazine rings is 1. The van der Waals surface area contributed by atoms with E-state index in [2.05, 4.69) is 14.9 Å². The van der Waals surface area contributed by atoms with Crippen molar-refractivity contribution in [2.24, 2.45) is 5.92 Å². The predicted octanol–water partition coefficient (Wildman–Crippen LogP) is 2.62. The fourth-order valence-electron chi connectivity index (χ4n) is 4.54. The van der Waals surface area contributed by atoms with Crippen molar-refractivity contribution in [1.82, 2.24) is 10.0 Å². The summed E-state index contributed by atoms with van der Waals surface area (Å²) in [7, 11) is 1.30. The first kappa shape index (κ1) is 25.2. The fraction of sp³-hybridized carbons (Fsp3) is 0.640. The van der Waals surface area contributed by atoms with Crippen molar-refractivity contribution in [2.75, 3.05) is 51.3 Å². The lowest BCUT2D eigenvalue weighted by atomic mass is 9.95. The van der Waals surface area contributed by atoms with Gasteiger partial charge in [0.2, 0.25) is 0 Å². The number of ketones is 1. The first-order chi connectivity index (χ1) is 15.6. The van der Waals surface area contributed by atoms with Crippen LogP contribution in [0.1, 0.15) is 52.0 Å². The molecule has 0 radical (unpaired) electrons.